The summed E-state index contributed by atoms with van der Waals surface area (Å²) in [7, 11) is 0. The van der Waals surface area contributed by atoms with Gasteiger partial charge in [0.25, 0.3) is 5.91 Å². The van der Waals surface area contributed by atoms with Crippen LogP contribution in [0.15, 0.2) is 54.6 Å². The molecular weight excluding hydrogens is 334 g/mol. The first-order chi connectivity index (χ1) is 12.3. The fourth-order valence-corrected chi connectivity index (χ4v) is 3.03. The van der Waals surface area contributed by atoms with Gasteiger partial charge in [-0.25, -0.2) is 0 Å². The average Bonchev–Trinajstić information content (AvgIpc) is 3.12. The molecule has 0 atom stereocenters. The number of carbonyl (C=O) groups is 1. The van der Waals surface area contributed by atoms with E-state index in [1.165, 1.54) is 0 Å². The van der Waals surface area contributed by atoms with Gasteiger partial charge in [0.2, 0.25) is 6.79 Å². The molecule has 3 rings (SSSR count). The van der Waals surface area contributed by atoms with Gasteiger partial charge >= 0.3 is 0 Å². The maximum atomic E-state index is 12.7. The monoisotopic (exact) mass is 355 g/mol. The van der Waals surface area contributed by atoms with Gasteiger partial charge in [-0.3, -0.25) is 4.79 Å². The number of ether oxygens (including phenoxy) is 2. The van der Waals surface area contributed by atoms with Crippen molar-refractivity contribution in [3.63, 3.8) is 0 Å². The second kappa shape index (κ2) is 8.62. The largest absolute Gasteiger partial charge is 0.454 e. The van der Waals surface area contributed by atoms with E-state index in [1.807, 2.05) is 59.5 Å². The molecule has 4 nitrogen and oxygen atoms in total. The molecule has 130 valence electrons. The summed E-state index contributed by atoms with van der Waals surface area (Å²) in [6.45, 7) is 0.952. The van der Waals surface area contributed by atoms with Gasteiger partial charge in [0, 0.05) is 18.3 Å². The molecular formula is C20H21NO3S. The van der Waals surface area contributed by atoms with Gasteiger partial charge in [0.05, 0.1) is 0 Å². The Morgan fingerprint density at radius 1 is 1.16 bits per heavy atom. The standard InChI is InChI=1S/C20H21NO3S/c1-25-13-5-12-21(17-6-3-2-4-7-17)20(22)11-9-16-8-10-18-19(14-16)24-15-23-18/h2-4,6-11,14H,5,12-13,15H2,1H3. The molecule has 1 heterocycles. The number of para-hydroxylation sites is 1. The zero-order valence-electron chi connectivity index (χ0n) is 14.2. The lowest BCUT2D eigenvalue weighted by molar-refractivity contribution is -0.114. The van der Waals surface area contributed by atoms with Crippen molar-refractivity contribution in [2.75, 3.05) is 30.2 Å². The van der Waals surface area contributed by atoms with Crippen LogP contribution in [0.5, 0.6) is 11.5 Å². The fraction of sp³-hybridized carbons (Fsp3) is 0.250. The molecule has 0 aliphatic carbocycles. The maximum absolute atomic E-state index is 12.7. The molecule has 0 aromatic heterocycles. The molecule has 5 heteroatoms. The van der Waals surface area contributed by atoms with Crippen molar-refractivity contribution >= 4 is 29.4 Å². The predicted octanol–water partition coefficient (Wildman–Crippen LogP) is 4.21. The summed E-state index contributed by atoms with van der Waals surface area (Å²) in [6.07, 6.45) is 6.46. The summed E-state index contributed by atoms with van der Waals surface area (Å²) < 4.78 is 10.7. The lowest BCUT2D eigenvalue weighted by Gasteiger charge is -2.21. The Labute approximate surface area is 152 Å². The van der Waals surface area contributed by atoms with E-state index in [0.29, 0.717) is 6.54 Å². The van der Waals surface area contributed by atoms with Gasteiger partial charge in [-0.05, 0) is 54.3 Å². The summed E-state index contributed by atoms with van der Waals surface area (Å²) in [4.78, 5) is 14.5. The van der Waals surface area contributed by atoms with Gasteiger partial charge in [0.15, 0.2) is 11.5 Å². The summed E-state index contributed by atoms with van der Waals surface area (Å²) in [5.74, 6) is 2.47. The second-order valence-electron chi connectivity index (χ2n) is 5.62. The Morgan fingerprint density at radius 3 is 2.76 bits per heavy atom. The molecule has 0 fully saturated rings. The molecule has 2 aromatic rings. The van der Waals surface area contributed by atoms with Crippen LogP contribution in [0, 0.1) is 0 Å². The highest BCUT2D eigenvalue weighted by Crippen LogP contribution is 2.32. The summed E-state index contributed by atoms with van der Waals surface area (Å²) in [5.41, 5.74) is 1.83. The van der Waals surface area contributed by atoms with Crippen LogP contribution in [0.25, 0.3) is 6.08 Å². The first-order valence-corrected chi connectivity index (χ1v) is 9.60. The highest BCUT2D eigenvalue weighted by atomic mass is 32.2. The molecule has 0 saturated heterocycles. The summed E-state index contributed by atoms with van der Waals surface area (Å²) in [5, 5.41) is 0. The zero-order valence-corrected chi connectivity index (χ0v) is 15.0. The van der Waals surface area contributed by atoms with E-state index < -0.39 is 0 Å². The Kier molecular flexibility index (Phi) is 6.01. The van der Waals surface area contributed by atoms with Gasteiger partial charge in [-0.2, -0.15) is 11.8 Å². The molecule has 1 aliphatic rings. The topological polar surface area (TPSA) is 38.8 Å². The summed E-state index contributed by atoms with van der Waals surface area (Å²) >= 11 is 1.79. The molecule has 0 N–H and O–H groups in total. The number of hydrogen-bond acceptors (Lipinski definition) is 4. The fourth-order valence-electron chi connectivity index (χ4n) is 2.62. The average molecular weight is 355 g/mol. The normalized spacial score (nSPS) is 12.5. The van der Waals surface area contributed by atoms with Crippen LogP contribution in [0.2, 0.25) is 0 Å². The van der Waals surface area contributed by atoms with Crippen LogP contribution >= 0.6 is 11.8 Å². The van der Waals surface area contributed by atoms with Crippen molar-refractivity contribution in [1.29, 1.82) is 0 Å². The van der Waals surface area contributed by atoms with Crippen molar-refractivity contribution in [2.24, 2.45) is 0 Å². The summed E-state index contributed by atoms with van der Waals surface area (Å²) in [6, 6.07) is 15.4. The number of rotatable bonds is 7. The number of thioether (sulfide) groups is 1. The number of fused-ring (bicyclic) bond motifs is 1. The Bertz CT molecular complexity index is 746. The van der Waals surface area contributed by atoms with Crippen LogP contribution in [0.3, 0.4) is 0 Å². The Balaban J connectivity index is 1.73. The van der Waals surface area contributed by atoms with Crippen molar-refractivity contribution < 1.29 is 14.3 Å². The minimum Gasteiger partial charge on any atom is -0.454 e. The van der Waals surface area contributed by atoms with Gasteiger partial charge in [-0.15, -0.1) is 0 Å². The molecule has 0 bridgehead atoms. The Hall–Kier alpha value is -2.40. The number of nitrogens with zero attached hydrogens (tertiary/aromatic N) is 1. The zero-order chi connectivity index (χ0) is 17.5. The molecule has 0 saturated carbocycles. The SMILES string of the molecule is CSCCCN(C(=O)C=Cc1ccc2c(c1)OCO2)c1ccccc1. The van der Waals surface area contributed by atoms with Crippen molar-refractivity contribution in [3.05, 3.63) is 60.2 Å². The molecule has 1 aliphatic heterocycles. The van der Waals surface area contributed by atoms with Gasteiger partial charge in [-0.1, -0.05) is 24.3 Å². The van der Waals surface area contributed by atoms with Crippen molar-refractivity contribution in [3.8, 4) is 11.5 Å². The third kappa shape index (κ3) is 4.57. The van der Waals surface area contributed by atoms with Crippen molar-refractivity contribution in [1.82, 2.24) is 0 Å². The van der Waals surface area contributed by atoms with Crippen LogP contribution in [0.4, 0.5) is 5.69 Å². The number of anilines is 1. The molecule has 2 aromatic carbocycles. The predicted molar refractivity (Wildman–Crippen MR) is 103 cm³/mol. The minimum atomic E-state index is -0.0232. The molecule has 0 radical (unpaired) electrons. The highest BCUT2D eigenvalue weighted by molar-refractivity contribution is 7.98. The van der Waals surface area contributed by atoms with E-state index in [1.54, 1.807) is 17.8 Å². The van der Waals surface area contributed by atoms with Gasteiger partial charge in [0.1, 0.15) is 0 Å². The Morgan fingerprint density at radius 2 is 1.96 bits per heavy atom. The van der Waals surface area contributed by atoms with E-state index in [9.17, 15) is 4.79 Å². The number of benzene rings is 2. The third-order valence-corrected chi connectivity index (χ3v) is 4.58. The number of amides is 1. The number of hydrogen-bond donors (Lipinski definition) is 0. The first-order valence-electron chi connectivity index (χ1n) is 8.21. The highest BCUT2D eigenvalue weighted by Gasteiger charge is 2.14. The first kappa shape index (κ1) is 17.4. The maximum Gasteiger partial charge on any atom is 0.250 e. The van der Waals surface area contributed by atoms with E-state index in [0.717, 1.165) is 34.9 Å². The van der Waals surface area contributed by atoms with E-state index in [2.05, 4.69) is 6.26 Å². The third-order valence-electron chi connectivity index (χ3n) is 3.88. The van der Waals surface area contributed by atoms with Crippen LogP contribution in [0.1, 0.15) is 12.0 Å². The quantitative estimate of drug-likeness (QED) is 0.551. The lowest BCUT2D eigenvalue weighted by atomic mass is 10.2. The minimum absolute atomic E-state index is 0.0232. The lowest BCUT2D eigenvalue weighted by Crippen LogP contribution is -2.30. The van der Waals surface area contributed by atoms with Crippen LogP contribution in [-0.2, 0) is 4.79 Å². The smallest absolute Gasteiger partial charge is 0.250 e. The van der Waals surface area contributed by atoms with Crippen LogP contribution in [-0.4, -0.2) is 31.3 Å². The van der Waals surface area contributed by atoms with E-state index in [-0.39, 0.29) is 12.7 Å². The van der Waals surface area contributed by atoms with Crippen LogP contribution < -0.4 is 14.4 Å². The molecule has 25 heavy (non-hydrogen) atoms. The van der Waals surface area contributed by atoms with Gasteiger partial charge < -0.3 is 14.4 Å². The van der Waals surface area contributed by atoms with Crippen molar-refractivity contribution in [2.45, 2.75) is 6.42 Å². The molecule has 0 spiro atoms. The number of carbonyl (C=O) groups excluding carboxylic acids is 1. The van der Waals surface area contributed by atoms with E-state index in [4.69, 9.17) is 9.47 Å². The van der Waals surface area contributed by atoms with E-state index >= 15 is 0 Å². The second-order valence-corrected chi connectivity index (χ2v) is 6.60. The molecule has 0 unspecified atom stereocenters. The molecule has 1 amide bonds.